The molecule has 0 aliphatic rings. The predicted molar refractivity (Wildman–Crippen MR) is 80.9 cm³/mol. The zero-order chi connectivity index (χ0) is 16.6. The first kappa shape index (κ1) is 17.8. The van der Waals surface area contributed by atoms with Crippen molar-refractivity contribution in [1.82, 2.24) is 0 Å². The summed E-state index contributed by atoms with van der Waals surface area (Å²) in [5.74, 6) is -0.822. The van der Waals surface area contributed by atoms with E-state index in [0.29, 0.717) is 5.56 Å². The van der Waals surface area contributed by atoms with E-state index in [1.54, 1.807) is 0 Å². The van der Waals surface area contributed by atoms with E-state index in [-0.39, 0.29) is 21.5 Å². The second kappa shape index (κ2) is 5.88. The van der Waals surface area contributed by atoms with Gasteiger partial charge in [0, 0.05) is 18.4 Å². The van der Waals surface area contributed by atoms with Crippen molar-refractivity contribution in [1.29, 1.82) is 0 Å². The molecule has 21 heavy (non-hydrogen) atoms. The number of hydrogen-bond donors (Lipinski definition) is 0. The standard InChI is InChI=1S/C14H20O5S2/c1-9(2)14(10(3)15)12-7-6-11(20(4,16)17)8-13(12)21(5,18)19/h6-9,14H,1-5H3. The van der Waals surface area contributed by atoms with Gasteiger partial charge in [-0.15, -0.1) is 0 Å². The lowest BCUT2D eigenvalue weighted by Gasteiger charge is -2.21. The molecule has 0 aliphatic carbocycles. The molecule has 5 nitrogen and oxygen atoms in total. The molecule has 0 saturated carbocycles. The summed E-state index contributed by atoms with van der Waals surface area (Å²) < 4.78 is 47.2. The highest BCUT2D eigenvalue weighted by molar-refractivity contribution is 7.91. The number of rotatable bonds is 5. The van der Waals surface area contributed by atoms with Crippen LogP contribution in [0.25, 0.3) is 0 Å². The first-order valence-electron chi connectivity index (χ1n) is 6.40. The number of Topliss-reactive ketones (excluding diaryl/α,β-unsaturated/α-hetero) is 1. The Labute approximate surface area is 126 Å². The van der Waals surface area contributed by atoms with E-state index in [2.05, 4.69) is 0 Å². The Hall–Kier alpha value is -1.21. The van der Waals surface area contributed by atoms with Gasteiger partial charge in [-0.3, -0.25) is 4.79 Å². The molecule has 7 heteroatoms. The van der Waals surface area contributed by atoms with Gasteiger partial charge in [-0.2, -0.15) is 0 Å². The Morgan fingerprint density at radius 1 is 1.00 bits per heavy atom. The van der Waals surface area contributed by atoms with E-state index in [0.717, 1.165) is 18.6 Å². The molecule has 1 rings (SSSR count). The third-order valence-electron chi connectivity index (χ3n) is 3.25. The van der Waals surface area contributed by atoms with E-state index < -0.39 is 25.6 Å². The van der Waals surface area contributed by atoms with E-state index in [1.165, 1.54) is 19.1 Å². The van der Waals surface area contributed by atoms with Gasteiger partial charge in [0.25, 0.3) is 0 Å². The molecule has 0 aliphatic heterocycles. The van der Waals surface area contributed by atoms with Gasteiger partial charge in [0.2, 0.25) is 0 Å². The molecule has 1 unspecified atom stereocenters. The number of carbonyl (C=O) groups excluding carboxylic acids is 1. The fourth-order valence-electron chi connectivity index (χ4n) is 2.37. The Kier molecular flexibility index (Phi) is 5.00. The lowest BCUT2D eigenvalue weighted by Crippen LogP contribution is -2.19. The predicted octanol–water partition coefficient (Wildman–Crippen LogP) is 1.82. The van der Waals surface area contributed by atoms with Crippen LogP contribution in [0.15, 0.2) is 28.0 Å². The third kappa shape index (κ3) is 4.14. The Bertz CT molecular complexity index is 759. The highest BCUT2D eigenvalue weighted by Gasteiger charge is 2.27. The molecule has 0 bridgehead atoms. The fourth-order valence-corrected chi connectivity index (χ4v) is 4.06. The van der Waals surface area contributed by atoms with Crippen LogP contribution in [0.4, 0.5) is 0 Å². The van der Waals surface area contributed by atoms with Gasteiger partial charge in [-0.25, -0.2) is 16.8 Å². The van der Waals surface area contributed by atoms with Crippen LogP contribution < -0.4 is 0 Å². The minimum atomic E-state index is -3.64. The zero-order valence-electron chi connectivity index (χ0n) is 12.7. The minimum absolute atomic E-state index is 0.0715. The summed E-state index contributed by atoms with van der Waals surface area (Å²) in [6.45, 7) is 5.05. The van der Waals surface area contributed by atoms with Crippen molar-refractivity contribution in [3.8, 4) is 0 Å². The van der Waals surface area contributed by atoms with Crippen LogP contribution in [0.5, 0.6) is 0 Å². The van der Waals surface area contributed by atoms with Gasteiger partial charge in [0.1, 0.15) is 5.78 Å². The highest BCUT2D eigenvalue weighted by atomic mass is 32.2. The van der Waals surface area contributed by atoms with Crippen LogP contribution in [0.3, 0.4) is 0 Å². The molecule has 0 aromatic heterocycles. The average Bonchev–Trinajstić information content (AvgIpc) is 2.25. The first-order valence-corrected chi connectivity index (χ1v) is 10.2. The first-order chi connectivity index (χ1) is 9.35. The van der Waals surface area contributed by atoms with Crippen LogP contribution >= 0.6 is 0 Å². The van der Waals surface area contributed by atoms with Gasteiger partial charge < -0.3 is 0 Å². The topological polar surface area (TPSA) is 85.3 Å². The molecule has 1 atom stereocenters. The number of ketones is 1. The zero-order valence-corrected chi connectivity index (χ0v) is 14.4. The molecule has 1 aromatic carbocycles. The second-order valence-electron chi connectivity index (χ2n) is 5.58. The maximum absolute atomic E-state index is 12.0. The van der Waals surface area contributed by atoms with Crippen molar-refractivity contribution in [3.63, 3.8) is 0 Å². The van der Waals surface area contributed by atoms with Crippen LogP contribution in [0.1, 0.15) is 32.3 Å². The van der Waals surface area contributed by atoms with E-state index >= 15 is 0 Å². The summed E-state index contributed by atoms with van der Waals surface area (Å²) >= 11 is 0. The fraction of sp³-hybridized carbons (Fsp3) is 0.500. The average molecular weight is 332 g/mol. The quantitative estimate of drug-likeness (QED) is 0.821. The summed E-state index contributed by atoms with van der Waals surface area (Å²) in [6, 6.07) is 3.91. The molecule has 0 N–H and O–H groups in total. The van der Waals surface area contributed by atoms with Gasteiger partial charge in [0.15, 0.2) is 19.7 Å². The molecule has 0 fully saturated rings. The van der Waals surface area contributed by atoms with Crippen LogP contribution in [-0.2, 0) is 24.5 Å². The Balaban J connectivity index is 3.72. The largest absolute Gasteiger partial charge is 0.299 e. The molecular weight excluding hydrogens is 312 g/mol. The van der Waals surface area contributed by atoms with E-state index in [1.807, 2.05) is 13.8 Å². The van der Waals surface area contributed by atoms with Crippen molar-refractivity contribution < 1.29 is 21.6 Å². The van der Waals surface area contributed by atoms with Crippen molar-refractivity contribution in [2.75, 3.05) is 12.5 Å². The number of hydrogen-bond acceptors (Lipinski definition) is 5. The van der Waals surface area contributed by atoms with E-state index in [9.17, 15) is 21.6 Å². The smallest absolute Gasteiger partial charge is 0.175 e. The van der Waals surface area contributed by atoms with Gasteiger partial charge in [0.05, 0.1) is 9.79 Å². The molecule has 0 heterocycles. The van der Waals surface area contributed by atoms with Gasteiger partial charge >= 0.3 is 0 Å². The molecule has 0 amide bonds. The van der Waals surface area contributed by atoms with Crippen molar-refractivity contribution in [3.05, 3.63) is 23.8 Å². The SMILES string of the molecule is CC(=O)C(c1ccc(S(C)(=O)=O)cc1S(C)(=O)=O)C(C)C. The second-order valence-corrected chi connectivity index (χ2v) is 9.58. The van der Waals surface area contributed by atoms with Crippen molar-refractivity contribution in [2.24, 2.45) is 5.92 Å². The maximum Gasteiger partial charge on any atom is 0.175 e. The molecule has 0 saturated heterocycles. The number of sulfone groups is 2. The lowest BCUT2D eigenvalue weighted by atomic mass is 9.85. The summed E-state index contributed by atoms with van der Waals surface area (Å²) in [4.78, 5) is 11.7. The maximum atomic E-state index is 12.0. The van der Waals surface area contributed by atoms with Crippen LogP contribution in [0.2, 0.25) is 0 Å². The monoisotopic (exact) mass is 332 g/mol. The number of benzene rings is 1. The summed E-state index contributed by atoms with van der Waals surface area (Å²) in [5, 5.41) is 0. The van der Waals surface area contributed by atoms with Crippen molar-refractivity contribution in [2.45, 2.75) is 36.5 Å². The normalized spacial score (nSPS) is 14.2. The highest BCUT2D eigenvalue weighted by Crippen LogP contribution is 2.32. The summed E-state index contributed by atoms with van der Waals surface area (Å²) in [6.07, 6.45) is 2.02. The molecule has 0 radical (unpaired) electrons. The summed E-state index contributed by atoms with van der Waals surface area (Å²) in [7, 11) is -7.16. The van der Waals surface area contributed by atoms with Gasteiger partial charge in [-0.1, -0.05) is 19.9 Å². The molecule has 0 spiro atoms. The van der Waals surface area contributed by atoms with Crippen molar-refractivity contribution >= 4 is 25.5 Å². The van der Waals surface area contributed by atoms with Crippen LogP contribution in [0, 0.1) is 5.92 Å². The number of carbonyl (C=O) groups is 1. The Morgan fingerprint density at radius 3 is 1.86 bits per heavy atom. The van der Waals surface area contributed by atoms with E-state index in [4.69, 9.17) is 0 Å². The lowest BCUT2D eigenvalue weighted by molar-refractivity contribution is -0.119. The van der Waals surface area contributed by atoms with Crippen LogP contribution in [-0.4, -0.2) is 35.1 Å². The van der Waals surface area contributed by atoms with Gasteiger partial charge in [-0.05, 0) is 30.5 Å². The molecule has 118 valence electrons. The third-order valence-corrected chi connectivity index (χ3v) is 5.52. The Morgan fingerprint density at radius 2 is 1.52 bits per heavy atom. The minimum Gasteiger partial charge on any atom is -0.299 e. The molecule has 1 aromatic rings. The molecular formula is C14H20O5S2. The summed E-state index contributed by atoms with van der Waals surface area (Å²) in [5.41, 5.74) is 0.354.